The Morgan fingerprint density at radius 3 is 2.00 bits per heavy atom. The molecule has 3 nitrogen and oxygen atoms in total. The van der Waals surface area contributed by atoms with Crippen molar-refractivity contribution in [3.8, 4) is 0 Å². The molecule has 0 fully saturated rings. The zero-order valence-electron chi connectivity index (χ0n) is 14.0. The van der Waals surface area contributed by atoms with E-state index in [1.807, 2.05) is 6.26 Å². The molecule has 0 aliphatic heterocycles. The fraction of sp³-hybridized carbons (Fsp3) is 0.941. The van der Waals surface area contributed by atoms with E-state index in [0.717, 1.165) is 18.7 Å². The lowest BCUT2D eigenvalue weighted by atomic mass is 10.1. The normalized spacial score (nSPS) is 12.5. The van der Waals surface area contributed by atoms with Crippen LogP contribution in [0.3, 0.4) is 0 Å². The van der Waals surface area contributed by atoms with Gasteiger partial charge in [0.05, 0.1) is 5.97 Å². The maximum Gasteiger partial charge on any atom is 0.0584 e. The highest BCUT2D eigenvalue weighted by Crippen LogP contribution is 2.10. The first kappa shape index (κ1) is 20.8. The molecule has 0 aliphatic rings. The number of aliphatic carboxylic acids is 1. The highest BCUT2D eigenvalue weighted by atomic mass is 32.2. The Hall–Kier alpha value is -0.220. The van der Waals surface area contributed by atoms with Gasteiger partial charge in [-0.25, -0.2) is 0 Å². The summed E-state index contributed by atoms with van der Waals surface area (Å²) in [6, 6.07) is -0.476. The fourth-order valence-electron chi connectivity index (χ4n) is 2.43. The molecule has 0 bridgehead atoms. The first-order valence-electron chi connectivity index (χ1n) is 8.65. The molecular formula is C17H34NO2S-. The molecular weight excluding hydrogens is 282 g/mol. The van der Waals surface area contributed by atoms with Crippen molar-refractivity contribution in [3.05, 3.63) is 0 Å². The Labute approximate surface area is 135 Å². The molecule has 126 valence electrons. The number of nitrogens with one attached hydrogen (secondary N) is 1. The fourth-order valence-corrected chi connectivity index (χ4v) is 2.90. The van der Waals surface area contributed by atoms with Crippen molar-refractivity contribution < 1.29 is 9.90 Å². The smallest absolute Gasteiger partial charge is 0.0584 e. The van der Waals surface area contributed by atoms with Gasteiger partial charge >= 0.3 is 0 Å². The Morgan fingerprint density at radius 1 is 1.00 bits per heavy atom. The zero-order chi connectivity index (χ0) is 15.8. The van der Waals surface area contributed by atoms with E-state index in [9.17, 15) is 9.90 Å². The third kappa shape index (κ3) is 14.5. The zero-order valence-corrected chi connectivity index (χ0v) is 14.8. The second-order valence-electron chi connectivity index (χ2n) is 5.79. The highest BCUT2D eigenvalue weighted by molar-refractivity contribution is 7.98. The molecule has 0 saturated carbocycles. The summed E-state index contributed by atoms with van der Waals surface area (Å²) < 4.78 is 0. The van der Waals surface area contributed by atoms with E-state index in [4.69, 9.17) is 0 Å². The van der Waals surface area contributed by atoms with Crippen molar-refractivity contribution in [2.24, 2.45) is 0 Å². The largest absolute Gasteiger partial charge is 0.548 e. The van der Waals surface area contributed by atoms with Gasteiger partial charge in [-0.2, -0.15) is 11.8 Å². The van der Waals surface area contributed by atoms with Gasteiger partial charge in [0, 0.05) is 6.04 Å². The van der Waals surface area contributed by atoms with Gasteiger partial charge in [0.15, 0.2) is 0 Å². The number of unbranched alkanes of at least 4 members (excludes halogenated alkanes) is 9. The van der Waals surface area contributed by atoms with Crippen molar-refractivity contribution in [1.82, 2.24) is 5.32 Å². The molecule has 0 aromatic rings. The minimum atomic E-state index is -0.962. The maximum atomic E-state index is 10.9. The predicted molar refractivity (Wildman–Crippen MR) is 91.6 cm³/mol. The van der Waals surface area contributed by atoms with Crippen LogP contribution < -0.4 is 10.4 Å². The van der Waals surface area contributed by atoms with E-state index in [1.54, 1.807) is 11.8 Å². The van der Waals surface area contributed by atoms with Crippen LogP contribution in [0.25, 0.3) is 0 Å². The summed E-state index contributed by atoms with van der Waals surface area (Å²) in [6.45, 7) is 3.05. The lowest BCUT2D eigenvalue weighted by Gasteiger charge is -2.19. The standard InChI is InChI=1S/C17H35NO2S/c1-3-4-5-6-7-8-9-10-11-12-14-18-16(17(19)20)13-15-21-2/h16,18H,3-15H2,1-2H3,(H,19,20)/p-1. The number of hydrogen-bond acceptors (Lipinski definition) is 4. The summed E-state index contributed by atoms with van der Waals surface area (Å²) >= 11 is 1.68. The number of carboxylic acid groups (broad SMARTS) is 1. The van der Waals surface area contributed by atoms with Crippen LogP contribution in [0.1, 0.15) is 77.6 Å². The number of carboxylic acids is 1. The van der Waals surface area contributed by atoms with Crippen LogP contribution in [-0.2, 0) is 4.79 Å². The summed E-state index contributed by atoms with van der Waals surface area (Å²) in [5.41, 5.74) is 0. The van der Waals surface area contributed by atoms with Crippen LogP contribution in [0.2, 0.25) is 0 Å². The molecule has 0 rings (SSSR count). The Balaban J connectivity index is 3.31. The first-order valence-corrected chi connectivity index (χ1v) is 10.0. The van der Waals surface area contributed by atoms with Gasteiger partial charge in [-0.15, -0.1) is 0 Å². The third-order valence-corrected chi connectivity index (χ3v) is 4.46. The van der Waals surface area contributed by atoms with Gasteiger partial charge < -0.3 is 15.2 Å². The minimum Gasteiger partial charge on any atom is -0.548 e. The Kier molecular flexibility index (Phi) is 16.0. The van der Waals surface area contributed by atoms with Gasteiger partial charge in [0.2, 0.25) is 0 Å². The van der Waals surface area contributed by atoms with Crippen molar-refractivity contribution in [2.75, 3.05) is 18.6 Å². The Morgan fingerprint density at radius 2 is 1.52 bits per heavy atom. The maximum absolute atomic E-state index is 10.9. The van der Waals surface area contributed by atoms with Gasteiger partial charge in [-0.3, -0.25) is 0 Å². The van der Waals surface area contributed by atoms with Crippen molar-refractivity contribution >= 4 is 17.7 Å². The summed E-state index contributed by atoms with van der Waals surface area (Å²) in [6.07, 6.45) is 15.7. The van der Waals surface area contributed by atoms with E-state index in [-0.39, 0.29) is 0 Å². The van der Waals surface area contributed by atoms with Gasteiger partial charge in [-0.05, 0) is 31.4 Å². The second kappa shape index (κ2) is 16.2. The SMILES string of the molecule is CCCCCCCCCCCCNC(CCSC)C(=O)[O-]. The number of carbonyl (C=O) groups excluding carboxylic acids is 1. The van der Waals surface area contributed by atoms with Gasteiger partial charge in [0.1, 0.15) is 0 Å². The van der Waals surface area contributed by atoms with Crippen molar-refractivity contribution in [3.63, 3.8) is 0 Å². The first-order chi connectivity index (χ1) is 10.2. The molecule has 0 spiro atoms. The summed E-state index contributed by atoms with van der Waals surface area (Å²) in [5.74, 6) is -0.0972. The van der Waals surface area contributed by atoms with Crippen LogP contribution in [0.15, 0.2) is 0 Å². The summed E-state index contributed by atoms with van der Waals surface area (Å²) in [5, 5.41) is 14.0. The average molecular weight is 317 g/mol. The summed E-state index contributed by atoms with van der Waals surface area (Å²) in [4.78, 5) is 10.9. The van der Waals surface area contributed by atoms with Crippen LogP contribution in [0, 0.1) is 0 Å². The van der Waals surface area contributed by atoms with Crippen molar-refractivity contribution in [1.29, 1.82) is 0 Å². The van der Waals surface area contributed by atoms with E-state index >= 15 is 0 Å². The minimum absolute atomic E-state index is 0.476. The predicted octanol–water partition coefficient (Wildman–Crippen LogP) is 3.37. The third-order valence-electron chi connectivity index (χ3n) is 3.82. The summed E-state index contributed by atoms with van der Waals surface area (Å²) in [7, 11) is 0. The quantitative estimate of drug-likeness (QED) is 0.444. The molecule has 1 unspecified atom stereocenters. The van der Waals surface area contributed by atoms with Crippen LogP contribution in [0.4, 0.5) is 0 Å². The van der Waals surface area contributed by atoms with E-state index in [1.165, 1.54) is 57.8 Å². The number of carbonyl (C=O) groups is 1. The number of thioether (sulfide) groups is 1. The molecule has 0 radical (unpaired) electrons. The molecule has 0 aromatic heterocycles. The molecule has 21 heavy (non-hydrogen) atoms. The monoisotopic (exact) mass is 316 g/mol. The molecule has 0 amide bonds. The van der Waals surface area contributed by atoms with Crippen LogP contribution in [0.5, 0.6) is 0 Å². The molecule has 0 heterocycles. The molecule has 0 aliphatic carbocycles. The Bertz CT molecular complexity index is 237. The van der Waals surface area contributed by atoms with Crippen molar-refractivity contribution in [2.45, 2.75) is 83.6 Å². The van der Waals surface area contributed by atoms with E-state index < -0.39 is 12.0 Å². The molecule has 1 atom stereocenters. The number of hydrogen-bond donors (Lipinski definition) is 1. The average Bonchev–Trinajstić information content (AvgIpc) is 2.47. The number of rotatable bonds is 16. The van der Waals surface area contributed by atoms with Crippen LogP contribution in [-0.4, -0.2) is 30.6 Å². The second-order valence-corrected chi connectivity index (χ2v) is 6.77. The molecule has 1 N–H and O–H groups in total. The highest BCUT2D eigenvalue weighted by Gasteiger charge is 2.07. The van der Waals surface area contributed by atoms with Crippen LogP contribution >= 0.6 is 11.8 Å². The van der Waals surface area contributed by atoms with E-state index in [2.05, 4.69) is 12.2 Å². The van der Waals surface area contributed by atoms with Gasteiger partial charge in [-0.1, -0.05) is 64.7 Å². The molecule has 0 aromatic carbocycles. The molecule has 4 heteroatoms. The van der Waals surface area contributed by atoms with Gasteiger partial charge in [0.25, 0.3) is 0 Å². The lowest BCUT2D eigenvalue weighted by molar-refractivity contribution is -0.308. The molecule has 0 saturated heterocycles. The van der Waals surface area contributed by atoms with E-state index in [0.29, 0.717) is 6.42 Å². The topological polar surface area (TPSA) is 52.2 Å². The lowest BCUT2D eigenvalue weighted by Crippen LogP contribution is -2.46.